The number of nitrogens with two attached hydrogens (primary N) is 2. The zero-order valence-electron chi connectivity index (χ0n) is 8.15. The van der Waals surface area contributed by atoms with E-state index >= 15 is 0 Å². The van der Waals surface area contributed by atoms with Crippen molar-refractivity contribution in [2.45, 2.75) is 6.92 Å². The third kappa shape index (κ3) is 1.32. The molecule has 5 heteroatoms. The summed E-state index contributed by atoms with van der Waals surface area (Å²) in [5, 5.41) is 9.56. The van der Waals surface area contributed by atoms with Crippen molar-refractivity contribution in [2.24, 2.45) is 0 Å². The quantitative estimate of drug-likeness (QED) is 0.658. The molecular formula is C10H9N5. The number of benzene rings is 1. The van der Waals surface area contributed by atoms with E-state index in [4.69, 9.17) is 16.7 Å². The zero-order chi connectivity index (χ0) is 11.0. The molecule has 74 valence electrons. The van der Waals surface area contributed by atoms with Crippen LogP contribution in [0.5, 0.6) is 0 Å². The molecule has 2 aromatic rings. The summed E-state index contributed by atoms with van der Waals surface area (Å²) in [5.74, 6) is 0.455. The molecule has 0 saturated heterocycles. The van der Waals surface area contributed by atoms with Crippen LogP contribution in [0.2, 0.25) is 0 Å². The summed E-state index contributed by atoms with van der Waals surface area (Å²) < 4.78 is 0. The van der Waals surface area contributed by atoms with Crippen molar-refractivity contribution in [3.8, 4) is 6.07 Å². The second-order valence-corrected chi connectivity index (χ2v) is 3.21. The second kappa shape index (κ2) is 3.10. The molecule has 0 bridgehead atoms. The Hall–Kier alpha value is -2.35. The van der Waals surface area contributed by atoms with Crippen molar-refractivity contribution in [3.05, 3.63) is 23.3 Å². The summed E-state index contributed by atoms with van der Waals surface area (Å²) in [6.45, 7) is 1.82. The first kappa shape index (κ1) is 9.21. The van der Waals surface area contributed by atoms with Gasteiger partial charge in [-0.05, 0) is 24.6 Å². The fourth-order valence-corrected chi connectivity index (χ4v) is 1.56. The van der Waals surface area contributed by atoms with Gasteiger partial charge in [0.15, 0.2) is 0 Å². The van der Waals surface area contributed by atoms with Crippen molar-refractivity contribution in [1.29, 1.82) is 5.26 Å². The number of nitriles is 1. The van der Waals surface area contributed by atoms with Gasteiger partial charge in [-0.2, -0.15) is 10.2 Å². The van der Waals surface area contributed by atoms with E-state index in [0.717, 1.165) is 5.56 Å². The number of aryl methyl sites for hydroxylation is 1. The first-order chi connectivity index (χ1) is 7.13. The summed E-state index contributed by atoms with van der Waals surface area (Å²) in [7, 11) is 0. The predicted octanol–water partition coefficient (Wildman–Crippen LogP) is 0.974. The van der Waals surface area contributed by atoms with E-state index < -0.39 is 0 Å². The van der Waals surface area contributed by atoms with Gasteiger partial charge in [0.1, 0.15) is 5.82 Å². The first-order valence-corrected chi connectivity index (χ1v) is 4.36. The molecule has 1 heterocycles. The third-order valence-corrected chi connectivity index (χ3v) is 2.29. The summed E-state index contributed by atoms with van der Waals surface area (Å²) in [6, 6.07) is 5.50. The number of rotatable bonds is 0. The molecule has 1 aromatic heterocycles. The van der Waals surface area contributed by atoms with Gasteiger partial charge in [0, 0.05) is 5.39 Å². The maximum atomic E-state index is 8.87. The van der Waals surface area contributed by atoms with E-state index in [1.807, 2.05) is 6.92 Å². The van der Waals surface area contributed by atoms with Gasteiger partial charge >= 0.3 is 0 Å². The number of aromatic nitrogens is 2. The average molecular weight is 199 g/mol. The Morgan fingerprint density at radius 1 is 1.27 bits per heavy atom. The highest BCUT2D eigenvalue weighted by molar-refractivity contribution is 5.93. The highest BCUT2D eigenvalue weighted by atomic mass is 15.0. The van der Waals surface area contributed by atoms with Gasteiger partial charge in [0.2, 0.25) is 5.95 Å². The normalized spacial score (nSPS) is 10.1. The molecule has 0 amide bonds. The molecule has 4 N–H and O–H groups in total. The molecule has 0 fully saturated rings. The molecule has 0 aliphatic carbocycles. The number of hydrogen-bond donors (Lipinski definition) is 2. The Labute approximate surface area is 86.4 Å². The molecule has 1 aromatic carbocycles. The van der Waals surface area contributed by atoms with Crippen LogP contribution in [-0.4, -0.2) is 9.97 Å². The largest absolute Gasteiger partial charge is 0.383 e. The van der Waals surface area contributed by atoms with Crippen LogP contribution in [0.1, 0.15) is 11.1 Å². The van der Waals surface area contributed by atoms with Crippen molar-refractivity contribution >= 4 is 22.7 Å². The lowest BCUT2D eigenvalue weighted by atomic mass is 10.0. The first-order valence-electron chi connectivity index (χ1n) is 4.36. The van der Waals surface area contributed by atoms with Gasteiger partial charge in [-0.15, -0.1) is 0 Å². The van der Waals surface area contributed by atoms with Gasteiger partial charge < -0.3 is 11.5 Å². The van der Waals surface area contributed by atoms with Gasteiger partial charge in [-0.25, -0.2) is 4.98 Å². The maximum Gasteiger partial charge on any atom is 0.222 e. The lowest BCUT2D eigenvalue weighted by Gasteiger charge is -2.06. The number of nitrogen functional groups attached to an aromatic ring is 2. The van der Waals surface area contributed by atoms with Crippen molar-refractivity contribution in [1.82, 2.24) is 9.97 Å². The molecule has 0 aliphatic rings. The summed E-state index contributed by atoms with van der Waals surface area (Å²) in [4.78, 5) is 7.92. The van der Waals surface area contributed by atoms with E-state index in [0.29, 0.717) is 22.3 Å². The Morgan fingerprint density at radius 2 is 2.00 bits per heavy atom. The maximum absolute atomic E-state index is 8.87. The Balaban J connectivity index is 2.94. The van der Waals surface area contributed by atoms with Crippen molar-refractivity contribution in [3.63, 3.8) is 0 Å². The second-order valence-electron chi connectivity index (χ2n) is 3.21. The minimum Gasteiger partial charge on any atom is -0.383 e. The molecule has 0 spiro atoms. The number of fused-ring (bicyclic) bond motifs is 1. The van der Waals surface area contributed by atoms with Gasteiger partial charge in [-0.3, -0.25) is 0 Å². The summed E-state index contributed by atoms with van der Waals surface area (Å²) in [5.41, 5.74) is 13.2. The lowest BCUT2D eigenvalue weighted by molar-refractivity contribution is 1.24. The van der Waals surface area contributed by atoms with Crippen LogP contribution in [0.25, 0.3) is 10.9 Å². The molecule has 0 saturated carbocycles. The van der Waals surface area contributed by atoms with Gasteiger partial charge in [0.25, 0.3) is 0 Å². The smallest absolute Gasteiger partial charge is 0.222 e. The number of hydrogen-bond acceptors (Lipinski definition) is 5. The average Bonchev–Trinajstić information content (AvgIpc) is 2.17. The highest BCUT2D eigenvalue weighted by Gasteiger charge is 2.09. The van der Waals surface area contributed by atoms with Crippen LogP contribution in [0.15, 0.2) is 12.1 Å². The van der Waals surface area contributed by atoms with E-state index in [9.17, 15) is 0 Å². The van der Waals surface area contributed by atoms with Crippen LogP contribution in [0.3, 0.4) is 0 Å². The van der Waals surface area contributed by atoms with E-state index in [-0.39, 0.29) is 5.95 Å². The van der Waals surface area contributed by atoms with Crippen molar-refractivity contribution in [2.75, 3.05) is 11.5 Å². The third-order valence-electron chi connectivity index (χ3n) is 2.29. The fourth-order valence-electron chi connectivity index (χ4n) is 1.56. The Morgan fingerprint density at radius 3 is 2.67 bits per heavy atom. The van der Waals surface area contributed by atoms with Crippen LogP contribution in [-0.2, 0) is 0 Å². The standard InChI is InChI=1S/C10H9N5/c1-5-6(4-11)2-3-7-8(5)9(12)15-10(13)14-7/h2-3H,1H3,(H4,12,13,14,15). The summed E-state index contributed by atoms with van der Waals surface area (Å²) in [6.07, 6.45) is 0. The minimum atomic E-state index is 0.143. The number of anilines is 2. The molecule has 0 radical (unpaired) electrons. The lowest BCUT2D eigenvalue weighted by Crippen LogP contribution is -2.02. The molecule has 5 nitrogen and oxygen atoms in total. The topological polar surface area (TPSA) is 102 Å². The van der Waals surface area contributed by atoms with E-state index in [2.05, 4.69) is 16.0 Å². The Kier molecular flexibility index (Phi) is 1.90. The van der Waals surface area contributed by atoms with Crippen LogP contribution in [0, 0.1) is 18.3 Å². The van der Waals surface area contributed by atoms with Crippen molar-refractivity contribution < 1.29 is 0 Å². The predicted molar refractivity (Wildman–Crippen MR) is 57.8 cm³/mol. The van der Waals surface area contributed by atoms with Crippen LogP contribution < -0.4 is 11.5 Å². The fraction of sp³-hybridized carbons (Fsp3) is 0.100. The number of nitrogens with zero attached hydrogens (tertiary/aromatic N) is 3. The van der Waals surface area contributed by atoms with Crippen LogP contribution in [0.4, 0.5) is 11.8 Å². The van der Waals surface area contributed by atoms with Gasteiger partial charge in [-0.1, -0.05) is 0 Å². The highest BCUT2D eigenvalue weighted by Crippen LogP contribution is 2.24. The molecule has 0 unspecified atom stereocenters. The minimum absolute atomic E-state index is 0.143. The molecular weight excluding hydrogens is 190 g/mol. The van der Waals surface area contributed by atoms with E-state index in [1.54, 1.807) is 12.1 Å². The molecule has 2 rings (SSSR count). The SMILES string of the molecule is Cc1c(C#N)ccc2nc(N)nc(N)c12. The molecule has 0 atom stereocenters. The molecule has 15 heavy (non-hydrogen) atoms. The molecule has 0 aliphatic heterocycles. The van der Waals surface area contributed by atoms with Gasteiger partial charge in [0.05, 0.1) is 17.1 Å². The van der Waals surface area contributed by atoms with Crippen LogP contribution >= 0.6 is 0 Å². The Bertz CT molecular complexity index is 582. The zero-order valence-corrected chi connectivity index (χ0v) is 8.15. The van der Waals surface area contributed by atoms with E-state index in [1.165, 1.54) is 0 Å². The summed E-state index contributed by atoms with van der Waals surface area (Å²) >= 11 is 0. The monoisotopic (exact) mass is 199 g/mol.